The number of hydrogen-bond donors (Lipinski definition) is 2. The maximum Gasteiger partial charge on any atom is 0.422 e. The molecule has 7 nitrogen and oxygen atoms in total. The molecule has 2 amide bonds. The summed E-state index contributed by atoms with van der Waals surface area (Å²) >= 11 is 0. The molecule has 3 N–H and O–H groups in total. The van der Waals surface area contributed by atoms with E-state index in [1.54, 1.807) is 48.5 Å². The van der Waals surface area contributed by atoms with Gasteiger partial charge in [-0.3, -0.25) is 9.59 Å². The van der Waals surface area contributed by atoms with Crippen molar-refractivity contribution in [2.24, 2.45) is 5.73 Å². The van der Waals surface area contributed by atoms with Crippen molar-refractivity contribution in [2.45, 2.75) is 12.8 Å². The number of anilines is 1. The molecule has 0 fully saturated rings. The molecule has 3 aromatic carbocycles. The van der Waals surface area contributed by atoms with Crippen molar-refractivity contribution in [1.82, 2.24) is 0 Å². The minimum atomic E-state index is -4.55. The van der Waals surface area contributed by atoms with E-state index in [9.17, 15) is 28.0 Å². The Labute approximate surface area is 192 Å². The van der Waals surface area contributed by atoms with Gasteiger partial charge in [0.15, 0.2) is 6.61 Å². The Hall–Kier alpha value is -4.52. The molecule has 0 saturated heterocycles. The summed E-state index contributed by atoms with van der Waals surface area (Å²) in [6, 6.07) is 18.5. The Bertz CT molecular complexity index is 1250. The van der Waals surface area contributed by atoms with Crippen molar-refractivity contribution >= 4 is 17.5 Å². The first-order chi connectivity index (χ1) is 16.2. The smallest absolute Gasteiger partial charge is 0.422 e. The predicted molar refractivity (Wildman–Crippen MR) is 116 cm³/mol. The number of nitrogens with zero attached hydrogens (tertiary/aromatic N) is 1. The van der Waals surface area contributed by atoms with Gasteiger partial charge in [0.1, 0.15) is 24.2 Å². The molecule has 0 aliphatic carbocycles. The van der Waals surface area contributed by atoms with E-state index in [1.807, 2.05) is 0 Å². The minimum absolute atomic E-state index is 0.0647. The highest BCUT2D eigenvalue weighted by molar-refractivity contribution is 6.04. The van der Waals surface area contributed by atoms with Crippen molar-refractivity contribution in [1.29, 1.82) is 5.26 Å². The molecule has 0 bridgehead atoms. The number of carbonyl (C=O) groups excluding carboxylic acids is 2. The normalized spacial score (nSPS) is 10.8. The van der Waals surface area contributed by atoms with Crippen molar-refractivity contribution in [3.05, 3.63) is 89.0 Å². The molecule has 0 aromatic heterocycles. The summed E-state index contributed by atoms with van der Waals surface area (Å²) in [7, 11) is 0. The molecule has 34 heavy (non-hydrogen) atoms. The Morgan fingerprint density at radius 3 is 2.44 bits per heavy atom. The molecular weight excluding hydrogens is 451 g/mol. The van der Waals surface area contributed by atoms with Crippen LogP contribution in [-0.4, -0.2) is 24.6 Å². The molecule has 0 aliphatic heterocycles. The van der Waals surface area contributed by atoms with Crippen LogP contribution in [0.1, 0.15) is 31.8 Å². The monoisotopic (exact) mass is 469 g/mol. The number of primary amides is 1. The van der Waals surface area contributed by atoms with Gasteiger partial charge in [-0.25, -0.2) is 0 Å². The molecule has 0 atom stereocenters. The first kappa shape index (κ1) is 24.1. The number of ether oxygens (including phenoxy) is 2. The van der Waals surface area contributed by atoms with E-state index in [2.05, 4.69) is 10.1 Å². The summed E-state index contributed by atoms with van der Waals surface area (Å²) in [5.74, 6) is -1.07. The lowest BCUT2D eigenvalue weighted by molar-refractivity contribution is -0.153. The van der Waals surface area contributed by atoms with E-state index < -0.39 is 24.6 Å². The van der Waals surface area contributed by atoms with E-state index in [1.165, 1.54) is 24.3 Å². The summed E-state index contributed by atoms with van der Waals surface area (Å²) in [4.78, 5) is 24.2. The number of nitrogens with one attached hydrogen (secondary N) is 1. The minimum Gasteiger partial charge on any atom is -0.488 e. The molecule has 0 heterocycles. The third-order valence-corrected chi connectivity index (χ3v) is 4.49. The second kappa shape index (κ2) is 10.4. The van der Waals surface area contributed by atoms with E-state index >= 15 is 0 Å². The van der Waals surface area contributed by atoms with Crippen LogP contribution in [0.3, 0.4) is 0 Å². The molecule has 0 saturated carbocycles. The quantitative estimate of drug-likeness (QED) is 0.507. The van der Waals surface area contributed by atoms with Gasteiger partial charge >= 0.3 is 6.18 Å². The second-order valence-corrected chi connectivity index (χ2v) is 7.03. The fourth-order valence-electron chi connectivity index (χ4n) is 2.94. The van der Waals surface area contributed by atoms with Gasteiger partial charge in [-0.05, 0) is 48.0 Å². The molecule has 3 rings (SSSR count). The number of nitrogens with two attached hydrogens (primary N) is 1. The molecule has 174 valence electrons. The molecule has 3 aromatic rings. The van der Waals surface area contributed by atoms with E-state index in [4.69, 9.17) is 10.5 Å². The summed E-state index contributed by atoms with van der Waals surface area (Å²) in [6.45, 7) is -1.47. The first-order valence-electron chi connectivity index (χ1n) is 9.82. The molecule has 0 spiro atoms. The van der Waals surface area contributed by atoms with Crippen molar-refractivity contribution in [3.8, 4) is 17.6 Å². The zero-order valence-corrected chi connectivity index (χ0v) is 17.6. The maximum absolute atomic E-state index is 12.6. The SMILES string of the molecule is N#Cc1cc(NC(=O)c2cccc(COc3ccccc3C(N)=O)c2)ccc1OCC(F)(F)F. The van der Waals surface area contributed by atoms with Gasteiger partial charge in [-0.15, -0.1) is 0 Å². The number of benzene rings is 3. The number of amides is 2. The maximum atomic E-state index is 12.6. The van der Waals surface area contributed by atoms with Gasteiger partial charge in [-0.2, -0.15) is 18.4 Å². The van der Waals surface area contributed by atoms with Gasteiger partial charge in [0.2, 0.25) is 0 Å². The van der Waals surface area contributed by atoms with Crippen molar-refractivity contribution in [3.63, 3.8) is 0 Å². The Balaban J connectivity index is 1.69. The number of hydrogen-bond acceptors (Lipinski definition) is 5. The van der Waals surface area contributed by atoms with Gasteiger partial charge in [-0.1, -0.05) is 24.3 Å². The lowest BCUT2D eigenvalue weighted by atomic mass is 10.1. The molecule has 0 aliphatic rings. The van der Waals surface area contributed by atoms with Crippen molar-refractivity contribution in [2.75, 3.05) is 11.9 Å². The zero-order chi connectivity index (χ0) is 24.7. The van der Waals surface area contributed by atoms with Crippen LogP contribution in [0.4, 0.5) is 18.9 Å². The number of nitriles is 1. The predicted octanol–water partition coefficient (Wildman–Crippen LogP) is 4.43. The van der Waals surface area contributed by atoms with Crippen molar-refractivity contribution < 1.29 is 32.2 Å². The van der Waals surface area contributed by atoms with Crippen LogP contribution in [0.5, 0.6) is 11.5 Å². The molecule has 0 unspecified atom stereocenters. The fourth-order valence-corrected chi connectivity index (χ4v) is 2.94. The highest BCUT2D eigenvalue weighted by Crippen LogP contribution is 2.25. The number of para-hydroxylation sites is 1. The average molecular weight is 469 g/mol. The molecule has 10 heteroatoms. The van der Waals surface area contributed by atoms with E-state index in [0.717, 1.165) is 0 Å². The summed E-state index contributed by atoms with van der Waals surface area (Å²) in [6.07, 6.45) is -4.55. The third kappa shape index (κ3) is 6.49. The number of halogens is 3. The van der Waals surface area contributed by atoms with Crippen LogP contribution in [0.25, 0.3) is 0 Å². The highest BCUT2D eigenvalue weighted by atomic mass is 19.4. The van der Waals surface area contributed by atoms with Gasteiger partial charge in [0, 0.05) is 11.3 Å². The third-order valence-electron chi connectivity index (χ3n) is 4.49. The highest BCUT2D eigenvalue weighted by Gasteiger charge is 2.29. The Kier molecular flexibility index (Phi) is 7.38. The van der Waals surface area contributed by atoms with Gasteiger partial charge in [0.25, 0.3) is 11.8 Å². The van der Waals surface area contributed by atoms with Crippen LogP contribution in [0.15, 0.2) is 66.7 Å². The average Bonchev–Trinajstić information content (AvgIpc) is 2.81. The van der Waals surface area contributed by atoms with E-state index in [0.29, 0.717) is 11.3 Å². The van der Waals surface area contributed by atoms with Crippen LogP contribution < -0.4 is 20.5 Å². The van der Waals surface area contributed by atoms with Crippen LogP contribution in [-0.2, 0) is 6.61 Å². The summed E-state index contributed by atoms with van der Waals surface area (Å²) in [5, 5.41) is 11.8. The zero-order valence-electron chi connectivity index (χ0n) is 17.6. The Morgan fingerprint density at radius 1 is 0.971 bits per heavy atom. The standard InChI is InChI=1S/C24H18F3N3O4/c25-24(26,27)14-34-20-9-8-18(11-17(20)12-28)30-23(32)16-5-3-4-15(10-16)13-33-21-7-2-1-6-19(21)22(29)31/h1-11H,13-14H2,(H2,29,31)(H,30,32). The van der Waals surface area contributed by atoms with Crippen LogP contribution in [0.2, 0.25) is 0 Å². The number of alkyl halides is 3. The lowest BCUT2D eigenvalue weighted by Crippen LogP contribution is -2.19. The second-order valence-electron chi connectivity index (χ2n) is 7.03. The molecular formula is C24H18F3N3O4. The first-order valence-corrected chi connectivity index (χ1v) is 9.82. The Morgan fingerprint density at radius 2 is 1.74 bits per heavy atom. The number of rotatable bonds is 8. The van der Waals surface area contributed by atoms with Gasteiger partial charge in [0.05, 0.1) is 11.1 Å². The van der Waals surface area contributed by atoms with Crippen LogP contribution >= 0.6 is 0 Å². The van der Waals surface area contributed by atoms with E-state index in [-0.39, 0.29) is 34.7 Å². The summed E-state index contributed by atoms with van der Waals surface area (Å²) < 4.78 is 47.4. The summed E-state index contributed by atoms with van der Waals surface area (Å²) in [5.41, 5.74) is 6.53. The molecule has 0 radical (unpaired) electrons. The lowest BCUT2D eigenvalue weighted by Gasteiger charge is -2.12. The van der Waals surface area contributed by atoms with Crippen LogP contribution in [0, 0.1) is 11.3 Å². The topological polar surface area (TPSA) is 114 Å². The largest absolute Gasteiger partial charge is 0.488 e. The fraction of sp³-hybridized carbons (Fsp3) is 0.125. The number of carbonyl (C=O) groups is 2. The van der Waals surface area contributed by atoms with Gasteiger partial charge < -0.3 is 20.5 Å².